The van der Waals surface area contributed by atoms with Gasteiger partial charge < -0.3 is 4.90 Å². The first-order valence-electron chi connectivity index (χ1n) is 10.5. The first kappa shape index (κ1) is 18.4. The molecule has 0 atom stereocenters. The van der Waals surface area contributed by atoms with Gasteiger partial charge in [0.05, 0.1) is 11.0 Å². The van der Waals surface area contributed by atoms with Crippen LogP contribution in [0.3, 0.4) is 0 Å². The zero-order valence-corrected chi connectivity index (χ0v) is 17.3. The van der Waals surface area contributed by atoms with Crippen molar-refractivity contribution in [2.75, 3.05) is 18.0 Å². The molecule has 0 fully saturated rings. The topological polar surface area (TPSA) is 33.4 Å². The average molecular weight is 393 g/mol. The zero-order chi connectivity index (χ0) is 20.5. The molecule has 0 aliphatic carbocycles. The summed E-state index contributed by atoms with van der Waals surface area (Å²) in [6.45, 7) is 6.38. The molecule has 5 aromatic rings. The Bertz CT molecular complexity index is 1350. The normalized spacial score (nSPS) is 12.1. The highest BCUT2D eigenvalue weighted by molar-refractivity contribution is 5.84. The van der Waals surface area contributed by atoms with Crippen LogP contribution in [-0.2, 0) is 0 Å². The van der Waals surface area contributed by atoms with Gasteiger partial charge in [-0.25, -0.2) is 9.97 Å². The van der Waals surface area contributed by atoms with Gasteiger partial charge in [0.2, 0.25) is 0 Å². The summed E-state index contributed by atoms with van der Waals surface area (Å²) in [4.78, 5) is 12.2. The van der Waals surface area contributed by atoms with E-state index in [0.717, 1.165) is 52.1 Å². The highest BCUT2D eigenvalue weighted by Gasteiger charge is 2.14. The lowest BCUT2D eigenvalue weighted by Gasteiger charge is -2.20. The van der Waals surface area contributed by atoms with Crippen molar-refractivity contribution < 1.29 is 0 Å². The molecule has 5 rings (SSSR count). The monoisotopic (exact) mass is 392 g/mol. The molecule has 0 aliphatic heterocycles. The van der Waals surface area contributed by atoms with Crippen LogP contribution in [0.4, 0.5) is 5.69 Å². The first-order chi connectivity index (χ1) is 14.8. The number of anilines is 1. The molecule has 3 aromatic carbocycles. The van der Waals surface area contributed by atoms with Crippen LogP contribution in [0.15, 0.2) is 78.9 Å². The second kappa shape index (κ2) is 7.64. The van der Waals surface area contributed by atoms with E-state index < -0.39 is 0 Å². The lowest BCUT2D eigenvalue weighted by atomic mass is 10.2. The van der Waals surface area contributed by atoms with Crippen LogP contribution in [0, 0.1) is 0 Å². The van der Waals surface area contributed by atoms with Crippen molar-refractivity contribution in [3.63, 3.8) is 0 Å². The third-order valence-electron chi connectivity index (χ3n) is 5.59. The Labute approximate surface area is 176 Å². The minimum atomic E-state index is 0.889. The Kier molecular flexibility index (Phi) is 4.68. The van der Waals surface area contributed by atoms with Crippen LogP contribution in [0.1, 0.15) is 19.4 Å². The third kappa shape index (κ3) is 3.11. The predicted octanol–water partition coefficient (Wildman–Crippen LogP) is 4.94. The number of para-hydroxylation sites is 2. The van der Waals surface area contributed by atoms with Gasteiger partial charge in [-0.05, 0) is 49.8 Å². The van der Waals surface area contributed by atoms with Crippen LogP contribution in [0.2, 0.25) is 0 Å². The van der Waals surface area contributed by atoms with Crippen molar-refractivity contribution in [3.8, 4) is 11.4 Å². The van der Waals surface area contributed by atoms with E-state index in [-0.39, 0.29) is 0 Å². The summed E-state index contributed by atoms with van der Waals surface area (Å²) in [5.74, 6) is 0.922. The number of aromatic nitrogens is 3. The molecule has 0 N–H and O–H groups in total. The van der Waals surface area contributed by atoms with Gasteiger partial charge in [0.1, 0.15) is 11.2 Å². The van der Waals surface area contributed by atoms with Gasteiger partial charge in [-0.1, -0.05) is 54.6 Å². The Balaban J connectivity index is 1.70. The van der Waals surface area contributed by atoms with Crippen molar-refractivity contribution in [1.82, 2.24) is 14.4 Å². The molecule has 0 radical (unpaired) electrons. The summed E-state index contributed by atoms with van der Waals surface area (Å²) in [5.41, 5.74) is 6.41. The molecule has 0 amide bonds. The van der Waals surface area contributed by atoms with E-state index in [2.05, 4.69) is 77.8 Å². The van der Waals surface area contributed by atoms with E-state index in [9.17, 15) is 0 Å². The van der Waals surface area contributed by atoms with Crippen LogP contribution < -0.4 is 10.2 Å². The van der Waals surface area contributed by atoms with Gasteiger partial charge in [0.25, 0.3) is 0 Å². The third-order valence-corrected chi connectivity index (χ3v) is 5.59. The second-order valence-corrected chi connectivity index (χ2v) is 7.35. The van der Waals surface area contributed by atoms with E-state index in [1.165, 1.54) is 5.69 Å². The predicted molar refractivity (Wildman–Crippen MR) is 125 cm³/mol. The summed E-state index contributed by atoms with van der Waals surface area (Å²) in [6, 6.07) is 27.2. The second-order valence-electron chi connectivity index (χ2n) is 7.35. The van der Waals surface area contributed by atoms with E-state index in [1.807, 2.05) is 30.3 Å². The Hall–Kier alpha value is -3.66. The molecule has 2 aromatic heterocycles. The highest BCUT2D eigenvalue weighted by atomic mass is 15.1. The molecule has 0 unspecified atom stereocenters. The van der Waals surface area contributed by atoms with E-state index in [1.54, 1.807) is 0 Å². The maximum atomic E-state index is 4.99. The maximum Gasteiger partial charge on any atom is 0.165 e. The van der Waals surface area contributed by atoms with E-state index >= 15 is 0 Å². The number of rotatable bonds is 5. The van der Waals surface area contributed by atoms with Crippen LogP contribution in [-0.4, -0.2) is 27.5 Å². The number of hydrogen-bond acceptors (Lipinski definition) is 3. The first-order valence-corrected chi connectivity index (χ1v) is 10.5. The van der Waals surface area contributed by atoms with Crippen molar-refractivity contribution in [1.29, 1.82) is 0 Å². The highest BCUT2D eigenvalue weighted by Crippen LogP contribution is 2.23. The van der Waals surface area contributed by atoms with Gasteiger partial charge in [-0.15, -0.1) is 0 Å². The lowest BCUT2D eigenvalue weighted by Crippen LogP contribution is -2.21. The quantitative estimate of drug-likeness (QED) is 0.425. The number of benzene rings is 3. The molecule has 30 heavy (non-hydrogen) atoms. The summed E-state index contributed by atoms with van der Waals surface area (Å²) >= 11 is 0. The molecule has 2 heterocycles. The number of fused-ring (bicyclic) bond motifs is 3. The maximum absolute atomic E-state index is 4.99. The summed E-state index contributed by atoms with van der Waals surface area (Å²) in [7, 11) is 0. The van der Waals surface area contributed by atoms with Gasteiger partial charge in [-0.3, -0.25) is 4.40 Å². The molecule has 4 heteroatoms. The molecule has 0 bridgehead atoms. The van der Waals surface area contributed by atoms with E-state index in [4.69, 9.17) is 9.97 Å². The van der Waals surface area contributed by atoms with Gasteiger partial charge in [0, 0.05) is 24.3 Å². The fourth-order valence-electron chi connectivity index (χ4n) is 4.03. The molecule has 4 nitrogen and oxygen atoms in total. The molecular weight excluding hydrogens is 368 g/mol. The minimum absolute atomic E-state index is 0.889. The summed E-state index contributed by atoms with van der Waals surface area (Å²) < 4.78 is 2.17. The number of imidazole rings is 2. The zero-order valence-electron chi connectivity index (χ0n) is 17.3. The molecular formula is C26H24N4. The fourth-order valence-corrected chi connectivity index (χ4v) is 4.03. The standard InChI is InChI=1S/C26H24N4/c1-3-29(4-2)21-16-14-19(15-17-21)18-23-26-27-22-12-8-9-13-24(22)30(26)25(28-23)20-10-6-5-7-11-20/h5-18H,3-4H2,1-2H3/b23-18-. The largest absolute Gasteiger partial charge is 0.372 e. The van der Waals surface area contributed by atoms with E-state index in [0.29, 0.717) is 0 Å². The summed E-state index contributed by atoms with van der Waals surface area (Å²) in [5, 5.41) is 0.889. The molecule has 148 valence electrons. The van der Waals surface area contributed by atoms with Gasteiger partial charge in [0.15, 0.2) is 5.65 Å². The van der Waals surface area contributed by atoms with Crippen molar-refractivity contribution in [3.05, 3.63) is 89.8 Å². The van der Waals surface area contributed by atoms with Crippen LogP contribution in [0.5, 0.6) is 0 Å². The minimum Gasteiger partial charge on any atom is -0.372 e. The molecule has 0 spiro atoms. The smallest absolute Gasteiger partial charge is 0.165 e. The fraction of sp³-hybridized carbons (Fsp3) is 0.154. The van der Waals surface area contributed by atoms with Crippen molar-refractivity contribution in [2.45, 2.75) is 13.8 Å². The Morgan fingerprint density at radius 2 is 1.50 bits per heavy atom. The molecule has 0 aliphatic rings. The van der Waals surface area contributed by atoms with Crippen LogP contribution >= 0.6 is 0 Å². The Morgan fingerprint density at radius 1 is 0.800 bits per heavy atom. The van der Waals surface area contributed by atoms with Crippen molar-refractivity contribution >= 4 is 28.4 Å². The molecule has 0 saturated heterocycles. The average Bonchev–Trinajstić information content (AvgIpc) is 3.34. The number of hydrogen-bond donors (Lipinski definition) is 0. The van der Waals surface area contributed by atoms with Crippen molar-refractivity contribution in [2.24, 2.45) is 0 Å². The van der Waals surface area contributed by atoms with Crippen LogP contribution in [0.25, 0.3) is 34.1 Å². The SMILES string of the molecule is CCN(CC)c1ccc(/C=c2\nc(-c3ccccc3)n3c2nc2ccccc23)cc1. The summed E-state index contributed by atoms with van der Waals surface area (Å²) in [6.07, 6.45) is 2.12. The Morgan fingerprint density at radius 3 is 2.23 bits per heavy atom. The van der Waals surface area contributed by atoms with Gasteiger partial charge >= 0.3 is 0 Å². The van der Waals surface area contributed by atoms with Gasteiger partial charge in [-0.2, -0.15) is 0 Å². The molecule has 0 saturated carbocycles. The lowest BCUT2D eigenvalue weighted by molar-refractivity contribution is 0.866. The number of nitrogens with zero attached hydrogens (tertiary/aromatic N) is 4.